The van der Waals surface area contributed by atoms with Gasteiger partial charge in [-0.1, -0.05) is 18.2 Å². The first-order valence-electron chi connectivity index (χ1n) is 8.09. The number of nitrogens with zero attached hydrogens (tertiary/aromatic N) is 3. The Bertz CT molecular complexity index is 749. The summed E-state index contributed by atoms with van der Waals surface area (Å²) in [6, 6.07) is 9.35. The summed E-state index contributed by atoms with van der Waals surface area (Å²) in [7, 11) is 0. The topological polar surface area (TPSA) is 98.4 Å². The van der Waals surface area contributed by atoms with Gasteiger partial charge in [0.2, 0.25) is 5.91 Å². The highest BCUT2D eigenvalue weighted by molar-refractivity contribution is 5.93. The first-order valence-corrected chi connectivity index (χ1v) is 8.09. The van der Waals surface area contributed by atoms with Gasteiger partial charge in [0.05, 0.1) is 24.4 Å². The number of likely N-dealkylation sites (tertiary alicyclic amines) is 1. The largest absolute Gasteiger partial charge is 0.493 e. The third kappa shape index (κ3) is 3.93. The number of nitrogens with two attached hydrogens (primary N) is 1. The lowest BCUT2D eigenvalue weighted by molar-refractivity contribution is -0.122. The summed E-state index contributed by atoms with van der Waals surface area (Å²) in [5, 5.41) is 0. The van der Waals surface area contributed by atoms with Crippen LogP contribution in [0.2, 0.25) is 0 Å². The van der Waals surface area contributed by atoms with E-state index in [1.54, 1.807) is 18.0 Å². The van der Waals surface area contributed by atoms with Gasteiger partial charge in [-0.3, -0.25) is 14.6 Å². The maximum absolute atomic E-state index is 12.6. The molecule has 0 spiro atoms. The fourth-order valence-electron chi connectivity index (χ4n) is 2.91. The molecule has 3 rings (SSSR count). The van der Waals surface area contributed by atoms with E-state index in [2.05, 4.69) is 9.97 Å². The van der Waals surface area contributed by atoms with Gasteiger partial charge in [-0.05, 0) is 19.1 Å². The first kappa shape index (κ1) is 16.9. The van der Waals surface area contributed by atoms with E-state index in [4.69, 9.17) is 10.5 Å². The van der Waals surface area contributed by atoms with Crippen molar-refractivity contribution in [1.29, 1.82) is 0 Å². The van der Waals surface area contributed by atoms with Crippen molar-refractivity contribution in [3.63, 3.8) is 0 Å². The van der Waals surface area contributed by atoms with Crippen molar-refractivity contribution in [1.82, 2.24) is 14.9 Å². The van der Waals surface area contributed by atoms with E-state index in [1.165, 1.54) is 6.20 Å². The van der Waals surface area contributed by atoms with Gasteiger partial charge in [-0.25, -0.2) is 4.98 Å². The number of carbonyl (C=O) groups is 2. The first-order chi connectivity index (χ1) is 12.0. The zero-order chi connectivity index (χ0) is 17.8. The maximum atomic E-state index is 12.6. The van der Waals surface area contributed by atoms with Crippen LogP contribution in [0.5, 0.6) is 5.75 Å². The number of benzene rings is 1. The van der Waals surface area contributed by atoms with Gasteiger partial charge >= 0.3 is 0 Å². The molecule has 7 nitrogen and oxygen atoms in total. The molecular formula is C18H20N4O3. The van der Waals surface area contributed by atoms with Crippen LogP contribution in [0.15, 0.2) is 42.7 Å². The molecule has 130 valence electrons. The number of rotatable bonds is 5. The summed E-state index contributed by atoms with van der Waals surface area (Å²) >= 11 is 0. The minimum atomic E-state index is -0.439. The quantitative estimate of drug-likeness (QED) is 0.877. The van der Waals surface area contributed by atoms with E-state index in [0.717, 1.165) is 11.4 Å². The number of aryl methyl sites for hydroxylation is 1. The molecule has 1 aromatic carbocycles. The number of primary amides is 1. The van der Waals surface area contributed by atoms with Gasteiger partial charge in [-0.2, -0.15) is 0 Å². The van der Waals surface area contributed by atoms with Crippen LogP contribution in [0.4, 0.5) is 0 Å². The summed E-state index contributed by atoms with van der Waals surface area (Å²) in [4.78, 5) is 34.1. The monoisotopic (exact) mass is 340 g/mol. The van der Waals surface area contributed by atoms with Crippen LogP contribution in [-0.2, 0) is 4.79 Å². The Morgan fingerprint density at radius 3 is 2.60 bits per heavy atom. The van der Waals surface area contributed by atoms with Crippen molar-refractivity contribution in [2.24, 2.45) is 17.6 Å². The van der Waals surface area contributed by atoms with E-state index in [9.17, 15) is 9.59 Å². The lowest BCUT2D eigenvalue weighted by atomic mass is 9.96. The second kappa shape index (κ2) is 7.29. The Morgan fingerprint density at radius 2 is 1.96 bits per heavy atom. The summed E-state index contributed by atoms with van der Waals surface area (Å²) in [6.07, 6.45) is 3.00. The molecular weight excluding hydrogens is 320 g/mol. The summed E-state index contributed by atoms with van der Waals surface area (Å²) in [5.74, 6) is -0.543. The van der Waals surface area contributed by atoms with Crippen molar-refractivity contribution < 1.29 is 14.3 Å². The fraction of sp³-hybridized carbons (Fsp3) is 0.333. The second-order valence-electron chi connectivity index (χ2n) is 6.15. The fourth-order valence-corrected chi connectivity index (χ4v) is 2.91. The summed E-state index contributed by atoms with van der Waals surface area (Å²) < 4.78 is 5.75. The van der Waals surface area contributed by atoms with Crippen LogP contribution >= 0.6 is 0 Å². The van der Waals surface area contributed by atoms with Gasteiger partial charge in [0.25, 0.3) is 5.91 Å². The number of ether oxygens (including phenoxy) is 1. The molecule has 25 heavy (non-hydrogen) atoms. The molecule has 2 aromatic rings. The van der Waals surface area contributed by atoms with Crippen LogP contribution in [0.3, 0.4) is 0 Å². The highest BCUT2D eigenvalue weighted by Crippen LogP contribution is 2.25. The van der Waals surface area contributed by atoms with E-state index in [1.807, 2.05) is 30.3 Å². The average Bonchev–Trinajstić information content (AvgIpc) is 3.05. The standard InChI is InChI=1S/C18H20N4O3/c1-12-7-21-16(8-20-12)18(24)22-9-13(15(10-22)17(19)23)11-25-14-5-3-2-4-6-14/h2-8,13,15H,9-11H2,1H3,(H2,19,23)/t13-,15+/m0/s1. The van der Waals surface area contributed by atoms with E-state index >= 15 is 0 Å². The minimum absolute atomic E-state index is 0.153. The molecule has 1 fully saturated rings. The summed E-state index contributed by atoms with van der Waals surface area (Å²) in [5.41, 5.74) is 6.52. The third-order valence-electron chi connectivity index (χ3n) is 4.30. The van der Waals surface area contributed by atoms with Crippen molar-refractivity contribution in [2.45, 2.75) is 6.92 Å². The van der Waals surface area contributed by atoms with Gasteiger partial charge in [0.1, 0.15) is 11.4 Å². The second-order valence-corrected chi connectivity index (χ2v) is 6.15. The zero-order valence-electron chi connectivity index (χ0n) is 14.0. The van der Waals surface area contributed by atoms with Crippen LogP contribution in [0.1, 0.15) is 16.2 Å². The van der Waals surface area contributed by atoms with Crippen molar-refractivity contribution in [2.75, 3.05) is 19.7 Å². The molecule has 2 N–H and O–H groups in total. The Kier molecular flexibility index (Phi) is 4.92. The highest BCUT2D eigenvalue weighted by Gasteiger charge is 2.39. The lowest BCUT2D eigenvalue weighted by Gasteiger charge is -2.16. The van der Waals surface area contributed by atoms with E-state index < -0.39 is 11.8 Å². The number of amides is 2. The molecule has 7 heteroatoms. The molecule has 2 heterocycles. The zero-order valence-corrected chi connectivity index (χ0v) is 14.0. The molecule has 1 aliphatic rings. The number of para-hydroxylation sites is 1. The molecule has 0 bridgehead atoms. The molecule has 0 radical (unpaired) electrons. The number of hydrogen-bond donors (Lipinski definition) is 1. The molecule has 0 aliphatic carbocycles. The lowest BCUT2D eigenvalue weighted by Crippen LogP contribution is -2.33. The van der Waals surface area contributed by atoms with Crippen LogP contribution in [-0.4, -0.2) is 46.4 Å². The average molecular weight is 340 g/mol. The van der Waals surface area contributed by atoms with Crippen LogP contribution in [0, 0.1) is 18.8 Å². The van der Waals surface area contributed by atoms with Crippen molar-refractivity contribution in [3.8, 4) is 5.75 Å². The normalized spacial score (nSPS) is 19.6. The smallest absolute Gasteiger partial charge is 0.274 e. The highest BCUT2D eigenvalue weighted by atomic mass is 16.5. The van der Waals surface area contributed by atoms with Gasteiger partial charge in [0, 0.05) is 25.2 Å². The number of aromatic nitrogens is 2. The maximum Gasteiger partial charge on any atom is 0.274 e. The molecule has 1 aromatic heterocycles. The van der Waals surface area contributed by atoms with Gasteiger partial charge < -0.3 is 15.4 Å². The van der Waals surface area contributed by atoms with Crippen LogP contribution in [0.25, 0.3) is 0 Å². The number of carbonyl (C=O) groups excluding carboxylic acids is 2. The van der Waals surface area contributed by atoms with Crippen molar-refractivity contribution >= 4 is 11.8 Å². The Hall–Kier alpha value is -2.96. The Labute approximate surface area is 145 Å². The van der Waals surface area contributed by atoms with Crippen molar-refractivity contribution in [3.05, 3.63) is 54.1 Å². The van der Waals surface area contributed by atoms with E-state index in [0.29, 0.717) is 13.2 Å². The SMILES string of the molecule is Cc1cnc(C(=O)N2C[C@@H](COc3ccccc3)[C@H](C(N)=O)C2)cn1. The van der Waals surface area contributed by atoms with E-state index in [-0.39, 0.29) is 24.1 Å². The molecule has 0 unspecified atom stereocenters. The molecule has 1 saturated heterocycles. The Balaban J connectivity index is 1.68. The predicted octanol–water partition coefficient (Wildman–Crippen LogP) is 1.04. The predicted molar refractivity (Wildman–Crippen MR) is 90.8 cm³/mol. The van der Waals surface area contributed by atoms with Gasteiger partial charge in [-0.15, -0.1) is 0 Å². The molecule has 2 atom stereocenters. The molecule has 2 amide bonds. The van der Waals surface area contributed by atoms with Crippen LogP contribution < -0.4 is 10.5 Å². The summed E-state index contributed by atoms with van der Waals surface area (Å²) in [6.45, 7) is 2.79. The number of hydrogen-bond acceptors (Lipinski definition) is 5. The minimum Gasteiger partial charge on any atom is -0.493 e. The molecule has 0 saturated carbocycles. The Morgan fingerprint density at radius 1 is 1.20 bits per heavy atom. The third-order valence-corrected chi connectivity index (χ3v) is 4.30. The molecule has 1 aliphatic heterocycles. The van der Waals surface area contributed by atoms with Gasteiger partial charge in [0.15, 0.2) is 0 Å².